The van der Waals surface area contributed by atoms with Crippen molar-refractivity contribution in [2.24, 2.45) is 5.92 Å². The molecule has 3 heteroatoms. The molecule has 0 aliphatic heterocycles. The third-order valence-electron chi connectivity index (χ3n) is 2.82. The van der Waals surface area contributed by atoms with E-state index in [-0.39, 0.29) is 0 Å². The summed E-state index contributed by atoms with van der Waals surface area (Å²) in [7, 11) is 0. The summed E-state index contributed by atoms with van der Waals surface area (Å²) in [5, 5.41) is 0. The van der Waals surface area contributed by atoms with E-state index in [9.17, 15) is 0 Å². The van der Waals surface area contributed by atoms with Crippen LogP contribution in [0.15, 0.2) is 30.6 Å². The first kappa shape index (κ1) is 10.6. The molecule has 0 amide bonds. The maximum absolute atomic E-state index is 4.38. The quantitative estimate of drug-likeness (QED) is 0.784. The van der Waals surface area contributed by atoms with Gasteiger partial charge >= 0.3 is 0 Å². The molecule has 1 heterocycles. The summed E-state index contributed by atoms with van der Waals surface area (Å²) in [6.07, 6.45) is 3.09. The van der Waals surface area contributed by atoms with Crippen LogP contribution in [-0.2, 0) is 6.54 Å². The molecule has 0 bridgehead atoms. The molecule has 1 aromatic heterocycles. The van der Waals surface area contributed by atoms with Crippen LogP contribution in [0.2, 0.25) is 0 Å². The Bertz CT molecular complexity index is 432. The molecule has 0 fully saturated rings. The molecule has 0 saturated heterocycles. The lowest BCUT2D eigenvalue weighted by atomic mass is 10.1. The van der Waals surface area contributed by atoms with Gasteiger partial charge in [0.25, 0.3) is 0 Å². The lowest BCUT2D eigenvalue weighted by Gasteiger charge is -2.12. The summed E-state index contributed by atoms with van der Waals surface area (Å²) in [5.74, 6) is 1.56. The highest BCUT2D eigenvalue weighted by atomic mass is 32.1. The molecule has 1 aromatic carbocycles. The summed E-state index contributed by atoms with van der Waals surface area (Å²) in [6, 6.07) is 8.25. The van der Waals surface area contributed by atoms with Gasteiger partial charge in [0.2, 0.25) is 0 Å². The minimum atomic E-state index is 0.630. The van der Waals surface area contributed by atoms with Crippen molar-refractivity contribution in [1.82, 2.24) is 9.55 Å². The van der Waals surface area contributed by atoms with Crippen LogP contribution in [-0.4, -0.2) is 15.3 Å². The highest BCUT2D eigenvalue weighted by Gasteiger charge is 2.07. The number of thiol groups is 1. The van der Waals surface area contributed by atoms with Gasteiger partial charge < -0.3 is 4.57 Å². The van der Waals surface area contributed by atoms with Crippen molar-refractivity contribution in [3.05, 3.63) is 30.6 Å². The zero-order valence-corrected chi connectivity index (χ0v) is 9.82. The zero-order valence-electron chi connectivity index (χ0n) is 8.93. The van der Waals surface area contributed by atoms with Gasteiger partial charge in [0.05, 0.1) is 17.4 Å². The predicted octanol–water partition coefficient (Wildman–Crippen LogP) is 2.99. The van der Waals surface area contributed by atoms with Crippen LogP contribution in [0.4, 0.5) is 0 Å². The van der Waals surface area contributed by atoms with E-state index in [1.807, 2.05) is 18.5 Å². The third-order valence-corrected chi connectivity index (χ3v) is 3.33. The molecule has 0 aliphatic carbocycles. The number of aromatic nitrogens is 2. The Morgan fingerprint density at radius 3 is 2.93 bits per heavy atom. The fourth-order valence-corrected chi connectivity index (χ4v) is 2.12. The van der Waals surface area contributed by atoms with Crippen LogP contribution >= 0.6 is 12.6 Å². The fourth-order valence-electron chi connectivity index (χ4n) is 1.75. The molecule has 2 rings (SSSR count). The van der Waals surface area contributed by atoms with Crippen molar-refractivity contribution >= 4 is 23.7 Å². The number of nitrogens with zero attached hydrogens (tertiary/aromatic N) is 2. The van der Waals surface area contributed by atoms with E-state index in [1.165, 1.54) is 5.52 Å². The van der Waals surface area contributed by atoms with Crippen LogP contribution in [0, 0.1) is 5.92 Å². The number of para-hydroxylation sites is 2. The second-order valence-corrected chi connectivity index (χ2v) is 4.21. The maximum Gasteiger partial charge on any atom is 0.0958 e. The zero-order chi connectivity index (χ0) is 10.7. The van der Waals surface area contributed by atoms with Crippen LogP contribution < -0.4 is 0 Å². The molecule has 15 heavy (non-hydrogen) atoms. The number of benzene rings is 1. The Hall–Kier alpha value is -0.960. The monoisotopic (exact) mass is 220 g/mol. The Morgan fingerprint density at radius 1 is 1.40 bits per heavy atom. The number of hydrogen-bond acceptors (Lipinski definition) is 2. The molecule has 2 aromatic rings. The smallest absolute Gasteiger partial charge is 0.0958 e. The minimum absolute atomic E-state index is 0.630. The van der Waals surface area contributed by atoms with E-state index in [4.69, 9.17) is 0 Å². The highest BCUT2D eigenvalue weighted by molar-refractivity contribution is 7.80. The van der Waals surface area contributed by atoms with Gasteiger partial charge in [-0.15, -0.1) is 0 Å². The molecule has 0 aliphatic rings. The van der Waals surface area contributed by atoms with Gasteiger partial charge in [-0.05, 0) is 23.8 Å². The summed E-state index contributed by atoms with van der Waals surface area (Å²) in [5.41, 5.74) is 2.30. The van der Waals surface area contributed by atoms with E-state index in [0.717, 1.165) is 24.2 Å². The fraction of sp³-hybridized carbons (Fsp3) is 0.417. The normalized spacial score (nSPS) is 13.2. The molecule has 1 unspecified atom stereocenters. The predicted molar refractivity (Wildman–Crippen MR) is 67.4 cm³/mol. The van der Waals surface area contributed by atoms with Crippen molar-refractivity contribution < 1.29 is 0 Å². The van der Waals surface area contributed by atoms with Crippen LogP contribution in [0.25, 0.3) is 11.0 Å². The number of rotatable bonds is 4. The minimum Gasteiger partial charge on any atom is -0.330 e. The van der Waals surface area contributed by atoms with Gasteiger partial charge in [0.1, 0.15) is 0 Å². The van der Waals surface area contributed by atoms with E-state index in [2.05, 4.69) is 41.2 Å². The molecule has 0 N–H and O–H groups in total. The first-order chi connectivity index (χ1) is 7.35. The van der Waals surface area contributed by atoms with Crippen molar-refractivity contribution in [3.8, 4) is 0 Å². The Morgan fingerprint density at radius 2 is 2.20 bits per heavy atom. The molecule has 80 valence electrons. The average Bonchev–Trinajstić information content (AvgIpc) is 2.69. The largest absolute Gasteiger partial charge is 0.330 e. The Balaban J connectivity index is 2.28. The van der Waals surface area contributed by atoms with E-state index in [1.54, 1.807) is 0 Å². The lowest BCUT2D eigenvalue weighted by molar-refractivity contribution is 0.484. The highest BCUT2D eigenvalue weighted by Crippen LogP contribution is 2.15. The van der Waals surface area contributed by atoms with Crippen molar-refractivity contribution in [3.63, 3.8) is 0 Å². The van der Waals surface area contributed by atoms with E-state index in [0.29, 0.717) is 5.92 Å². The van der Waals surface area contributed by atoms with Gasteiger partial charge in [0, 0.05) is 6.54 Å². The number of fused-ring (bicyclic) bond motifs is 1. The second kappa shape index (κ2) is 4.71. The van der Waals surface area contributed by atoms with Crippen molar-refractivity contribution in [2.75, 3.05) is 5.75 Å². The number of imidazole rings is 1. The van der Waals surface area contributed by atoms with E-state index >= 15 is 0 Å². The van der Waals surface area contributed by atoms with Gasteiger partial charge in [-0.1, -0.05) is 25.5 Å². The van der Waals surface area contributed by atoms with Crippen LogP contribution in [0.1, 0.15) is 13.3 Å². The summed E-state index contributed by atoms with van der Waals surface area (Å²) in [4.78, 5) is 4.38. The van der Waals surface area contributed by atoms with Gasteiger partial charge in [-0.25, -0.2) is 4.98 Å². The standard InChI is InChI=1S/C12H16N2S/c1-2-10(8-15)7-14-9-13-11-5-3-4-6-12(11)14/h3-6,9-10,15H,2,7-8H2,1H3. The number of hydrogen-bond donors (Lipinski definition) is 1. The lowest BCUT2D eigenvalue weighted by Crippen LogP contribution is -2.10. The summed E-state index contributed by atoms with van der Waals surface area (Å²) in [6.45, 7) is 3.22. The average molecular weight is 220 g/mol. The molecule has 0 saturated carbocycles. The third kappa shape index (κ3) is 2.17. The van der Waals surface area contributed by atoms with Gasteiger partial charge in [-0.3, -0.25) is 0 Å². The topological polar surface area (TPSA) is 17.8 Å². The summed E-state index contributed by atoms with van der Waals surface area (Å²) < 4.78 is 2.22. The van der Waals surface area contributed by atoms with E-state index < -0.39 is 0 Å². The Labute approximate surface area is 95.7 Å². The molecule has 1 atom stereocenters. The molecular weight excluding hydrogens is 204 g/mol. The Kier molecular flexibility index (Phi) is 3.31. The van der Waals surface area contributed by atoms with Gasteiger partial charge in [-0.2, -0.15) is 12.6 Å². The second-order valence-electron chi connectivity index (χ2n) is 3.84. The van der Waals surface area contributed by atoms with Gasteiger partial charge in [0.15, 0.2) is 0 Å². The first-order valence-corrected chi connectivity index (χ1v) is 5.99. The van der Waals surface area contributed by atoms with Crippen molar-refractivity contribution in [2.45, 2.75) is 19.9 Å². The first-order valence-electron chi connectivity index (χ1n) is 5.36. The molecular formula is C12H16N2S. The summed E-state index contributed by atoms with van der Waals surface area (Å²) >= 11 is 4.37. The molecule has 0 radical (unpaired) electrons. The molecule has 2 nitrogen and oxygen atoms in total. The van der Waals surface area contributed by atoms with Crippen molar-refractivity contribution in [1.29, 1.82) is 0 Å². The van der Waals surface area contributed by atoms with Crippen LogP contribution in [0.3, 0.4) is 0 Å². The van der Waals surface area contributed by atoms with Crippen LogP contribution in [0.5, 0.6) is 0 Å². The SMILES string of the molecule is CCC(CS)Cn1cnc2ccccc21. The maximum atomic E-state index is 4.38. The molecule has 0 spiro atoms.